The van der Waals surface area contributed by atoms with Crippen LogP contribution in [0.4, 0.5) is 5.69 Å². The average molecular weight is 313 g/mol. The molecule has 0 aliphatic carbocycles. The first kappa shape index (κ1) is 17.0. The van der Waals surface area contributed by atoms with Crippen molar-refractivity contribution in [2.45, 2.75) is 20.8 Å². The molecule has 0 saturated carbocycles. The lowest BCUT2D eigenvalue weighted by molar-refractivity contribution is 0.0998. The summed E-state index contributed by atoms with van der Waals surface area (Å²) in [5, 5.41) is 2.96. The summed E-state index contributed by atoms with van der Waals surface area (Å²) in [5.41, 5.74) is 3.55. The Hall–Kier alpha value is -2.33. The fourth-order valence-corrected chi connectivity index (χ4v) is 2.21. The lowest BCUT2D eigenvalue weighted by Crippen LogP contribution is -2.15. The van der Waals surface area contributed by atoms with E-state index in [-0.39, 0.29) is 5.91 Å². The Kier molecular flexibility index (Phi) is 6.18. The van der Waals surface area contributed by atoms with Crippen molar-refractivity contribution in [1.29, 1.82) is 0 Å². The normalized spacial score (nSPS) is 10.4. The fourth-order valence-electron chi connectivity index (χ4n) is 2.21. The monoisotopic (exact) mass is 313 g/mol. The van der Waals surface area contributed by atoms with Crippen LogP contribution in [-0.2, 0) is 4.74 Å². The number of ether oxygens (including phenoxy) is 2. The number of rotatable bonds is 7. The van der Waals surface area contributed by atoms with E-state index in [0.29, 0.717) is 31.1 Å². The summed E-state index contributed by atoms with van der Waals surface area (Å²) >= 11 is 0. The summed E-state index contributed by atoms with van der Waals surface area (Å²) in [6.07, 6.45) is 0. The van der Waals surface area contributed by atoms with Gasteiger partial charge in [0.15, 0.2) is 0 Å². The Morgan fingerprint density at radius 2 is 1.83 bits per heavy atom. The summed E-state index contributed by atoms with van der Waals surface area (Å²) in [6.45, 7) is 7.53. The highest BCUT2D eigenvalue weighted by Gasteiger charge is 2.13. The molecule has 0 radical (unpaired) electrons. The molecule has 0 aromatic heterocycles. The van der Waals surface area contributed by atoms with Crippen LogP contribution in [0.25, 0.3) is 0 Å². The van der Waals surface area contributed by atoms with Crippen LogP contribution in [0.2, 0.25) is 0 Å². The number of hydrogen-bond donors (Lipinski definition) is 1. The van der Waals surface area contributed by atoms with Gasteiger partial charge in [0.1, 0.15) is 12.4 Å². The zero-order valence-corrected chi connectivity index (χ0v) is 13.9. The standard InChI is InChI=1S/C19H23NO3/c1-4-22-12-13-23-18-11-6-5-9-16(18)19(21)20-17-10-7-8-14(2)15(17)3/h5-11H,4,12-13H2,1-3H3,(H,20,21). The van der Waals surface area contributed by atoms with Crippen molar-refractivity contribution in [2.75, 3.05) is 25.1 Å². The van der Waals surface area contributed by atoms with Gasteiger partial charge < -0.3 is 14.8 Å². The zero-order chi connectivity index (χ0) is 16.7. The second-order valence-electron chi connectivity index (χ2n) is 5.24. The minimum absolute atomic E-state index is 0.175. The van der Waals surface area contributed by atoms with E-state index < -0.39 is 0 Å². The first-order valence-corrected chi connectivity index (χ1v) is 7.80. The maximum absolute atomic E-state index is 12.6. The van der Waals surface area contributed by atoms with Crippen LogP contribution in [0.5, 0.6) is 5.75 Å². The molecule has 2 rings (SSSR count). The lowest BCUT2D eigenvalue weighted by atomic mass is 10.1. The Balaban J connectivity index is 2.11. The van der Waals surface area contributed by atoms with Gasteiger partial charge in [-0.15, -0.1) is 0 Å². The molecule has 0 fully saturated rings. The molecular weight excluding hydrogens is 290 g/mol. The molecule has 0 unspecified atom stereocenters. The highest BCUT2D eigenvalue weighted by molar-refractivity contribution is 6.06. The minimum Gasteiger partial charge on any atom is -0.490 e. The predicted molar refractivity (Wildman–Crippen MR) is 92.3 cm³/mol. The van der Waals surface area contributed by atoms with Crippen LogP contribution in [0.3, 0.4) is 0 Å². The molecule has 0 aliphatic rings. The van der Waals surface area contributed by atoms with Crippen LogP contribution in [0.1, 0.15) is 28.4 Å². The molecule has 0 heterocycles. The second-order valence-corrected chi connectivity index (χ2v) is 5.24. The number of hydrogen-bond acceptors (Lipinski definition) is 3. The number of amides is 1. The minimum atomic E-state index is -0.175. The van der Waals surface area contributed by atoms with E-state index in [9.17, 15) is 4.79 Å². The molecule has 1 N–H and O–H groups in total. The third kappa shape index (κ3) is 4.57. The van der Waals surface area contributed by atoms with Crippen molar-refractivity contribution in [3.63, 3.8) is 0 Å². The van der Waals surface area contributed by atoms with E-state index >= 15 is 0 Å². The Bertz CT molecular complexity index is 667. The summed E-state index contributed by atoms with van der Waals surface area (Å²) in [6, 6.07) is 13.1. The third-order valence-electron chi connectivity index (χ3n) is 3.67. The van der Waals surface area contributed by atoms with E-state index in [1.807, 2.05) is 51.1 Å². The Morgan fingerprint density at radius 3 is 2.61 bits per heavy atom. The van der Waals surface area contributed by atoms with Crippen LogP contribution >= 0.6 is 0 Å². The van der Waals surface area contributed by atoms with Crippen molar-refractivity contribution < 1.29 is 14.3 Å². The third-order valence-corrected chi connectivity index (χ3v) is 3.67. The van der Waals surface area contributed by atoms with E-state index in [2.05, 4.69) is 5.32 Å². The molecule has 0 saturated heterocycles. The van der Waals surface area contributed by atoms with Gasteiger partial charge in [-0.05, 0) is 50.1 Å². The molecule has 1 amide bonds. The van der Waals surface area contributed by atoms with Crippen molar-refractivity contribution in [3.8, 4) is 5.75 Å². The summed E-state index contributed by atoms with van der Waals surface area (Å²) in [4.78, 5) is 12.6. The molecule has 0 spiro atoms. The van der Waals surface area contributed by atoms with Gasteiger partial charge in [-0.1, -0.05) is 24.3 Å². The van der Waals surface area contributed by atoms with Crippen LogP contribution in [0.15, 0.2) is 42.5 Å². The van der Waals surface area contributed by atoms with E-state index in [0.717, 1.165) is 16.8 Å². The van der Waals surface area contributed by atoms with Gasteiger partial charge in [-0.2, -0.15) is 0 Å². The lowest BCUT2D eigenvalue weighted by Gasteiger charge is -2.13. The van der Waals surface area contributed by atoms with E-state index in [4.69, 9.17) is 9.47 Å². The molecule has 0 bridgehead atoms. The molecule has 23 heavy (non-hydrogen) atoms. The SMILES string of the molecule is CCOCCOc1ccccc1C(=O)Nc1cccc(C)c1C. The van der Waals surface area contributed by atoms with Gasteiger partial charge >= 0.3 is 0 Å². The number of anilines is 1. The van der Waals surface area contributed by atoms with Gasteiger partial charge in [0.05, 0.1) is 12.2 Å². The van der Waals surface area contributed by atoms with Crippen molar-refractivity contribution in [1.82, 2.24) is 0 Å². The molecule has 2 aromatic carbocycles. The van der Waals surface area contributed by atoms with Crippen LogP contribution in [-0.4, -0.2) is 25.7 Å². The van der Waals surface area contributed by atoms with Gasteiger partial charge in [-0.3, -0.25) is 4.79 Å². The highest BCUT2D eigenvalue weighted by atomic mass is 16.5. The fraction of sp³-hybridized carbons (Fsp3) is 0.316. The maximum atomic E-state index is 12.6. The number of nitrogens with one attached hydrogen (secondary N) is 1. The average Bonchev–Trinajstić information content (AvgIpc) is 2.56. The number of aryl methyl sites for hydroxylation is 1. The van der Waals surface area contributed by atoms with Gasteiger partial charge in [0.2, 0.25) is 0 Å². The Morgan fingerprint density at radius 1 is 1.04 bits per heavy atom. The number of carbonyl (C=O) groups is 1. The first-order chi connectivity index (χ1) is 11.1. The second kappa shape index (κ2) is 8.34. The van der Waals surface area contributed by atoms with Gasteiger partial charge in [0, 0.05) is 12.3 Å². The molecule has 2 aromatic rings. The highest BCUT2D eigenvalue weighted by Crippen LogP contribution is 2.22. The molecular formula is C19H23NO3. The topological polar surface area (TPSA) is 47.6 Å². The summed E-state index contributed by atoms with van der Waals surface area (Å²) < 4.78 is 10.9. The predicted octanol–water partition coefficient (Wildman–Crippen LogP) is 3.97. The quantitative estimate of drug-likeness (QED) is 0.787. The first-order valence-electron chi connectivity index (χ1n) is 7.80. The molecule has 122 valence electrons. The van der Waals surface area contributed by atoms with E-state index in [1.54, 1.807) is 12.1 Å². The van der Waals surface area contributed by atoms with Crippen LogP contribution < -0.4 is 10.1 Å². The van der Waals surface area contributed by atoms with E-state index in [1.165, 1.54) is 0 Å². The summed E-state index contributed by atoms with van der Waals surface area (Å²) in [7, 11) is 0. The molecule has 4 heteroatoms. The molecule has 0 aliphatic heterocycles. The smallest absolute Gasteiger partial charge is 0.259 e. The summed E-state index contributed by atoms with van der Waals surface area (Å²) in [5.74, 6) is 0.390. The Labute approximate surface area is 137 Å². The molecule has 0 atom stereocenters. The van der Waals surface area contributed by atoms with Gasteiger partial charge in [-0.25, -0.2) is 0 Å². The van der Waals surface area contributed by atoms with Crippen LogP contribution in [0, 0.1) is 13.8 Å². The molecule has 4 nitrogen and oxygen atoms in total. The van der Waals surface area contributed by atoms with Crippen molar-refractivity contribution in [3.05, 3.63) is 59.2 Å². The van der Waals surface area contributed by atoms with Crippen molar-refractivity contribution >= 4 is 11.6 Å². The largest absolute Gasteiger partial charge is 0.490 e. The maximum Gasteiger partial charge on any atom is 0.259 e. The van der Waals surface area contributed by atoms with Gasteiger partial charge in [0.25, 0.3) is 5.91 Å². The zero-order valence-electron chi connectivity index (χ0n) is 13.9. The van der Waals surface area contributed by atoms with Crippen molar-refractivity contribution in [2.24, 2.45) is 0 Å². The number of benzene rings is 2. The number of para-hydroxylation sites is 1. The number of carbonyl (C=O) groups excluding carboxylic acids is 1.